The van der Waals surface area contributed by atoms with Gasteiger partial charge >= 0.3 is 5.97 Å². The molecule has 1 fully saturated rings. The molecular formula is C9H12N4O3S2. The smallest absolute Gasteiger partial charge is 0.352 e. The Morgan fingerprint density at radius 2 is 2.33 bits per heavy atom. The fourth-order valence-electron chi connectivity index (χ4n) is 1.86. The first kappa shape index (κ1) is 13.2. The van der Waals surface area contributed by atoms with E-state index in [1.165, 1.54) is 16.7 Å². The summed E-state index contributed by atoms with van der Waals surface area (Å²) in [7, 11) is 0. The largest absolute Gasteiger partial charge is 0.477 e. The number of β-lactam (4-membered cyclic amide) rings is 1. The standard InChI is InChI=1S/C9H12N4O3S2/c10-4-6(14)13-5(8(15)16)3(1-17-7(4)13)2-18-9(11)12/h4,7H,1-2,10H2,(H3,11,12)(H,15,16)/t4?,7-/m1/s1. The molecule has 0 aliphatic carbocycles. The third-order valence-electron chi connectivity index (χ3n) is 2.69. The van der Waals surface area contributed by atoms with E-state index in [4.69, 9.17) is 16.9 Å². The van der Waals surface area contributed by atoms with E-state index < -0.39 is 12.0 Å². The minimum Gasteiger partial charge on any atom is -0.477 e. The first-order valence-electron chi connectivity index (χ1n) is 5.06. The molecular weight excluding hydrogens is 276 g/mol. The molecule has 1 saturated heterocycles. The van der Waals surface area contributed by atoms with Gasteiger partial charge in [-0.2, -0.15) is 0 Å². The van der Waals surface area contributed by atoms with Crippen LogP contribution in [0, 0.1) is 5.41 Å². The van der Waals surface area contributed by atoms with E-state index in [1.807, 2.05) is 0 Å². The number of fused-ring (bicyclic) bond motifs is 1. The van der Waals surface area contributed by atoms with Gasteiger partial charge in [-0.1, -0.05) is 11.8 Å². The van der Waals surface area contributed by atoms with Gasteiger partial charge in [0.1, 0.15) is 17.1 Å². The first-order valence-corrected chi connectivity index (χ1v) is 7.09. The van der Waals surface area contributed by atoms with Crippen molar-refractivity contribution in [2.75, 3.05) is 11.5 Å². The van der Waals surface area contributed by atoms with Crippen molar-refractivity contribution in [2.45, 2.75) is 11.4 Å². The van der Waals surface area contributed by atoms with E-state index in [9.17, 15) is 14.7 Å². The maximum Gasteiger partial charge on any atom is 0.352 e. The quantitative estimate of drug-likeness (QED) is 0.303. The number of aliphatic carboxylic acids is 1. The summed E-state index contributed by atoms with van der Waals surface area (Å²) in [6.45, 7) is 0. The van der Waals surface area contributed by atoms with Crippen LogP contribution in [-0.4, -0.2) is 50.0 Å². The second kappa shape index (κ2) is 4.82. The highest BCUT2D eigenvalue weighted by Gasteiger charge is 2.51. The third kappa shape index (κ3) is 2.08. The van der Waals surface area contributed by atoms with Crippen LogP contribution in [0.1, 0.15) is 0 Å². The van der Waals surface area contributed by atoms with Crippen LogP contribution >= 0.6 is 23.5 Å². The lowest BCUT2D eigenvalue weighted by molar-refractivity contribution is -0.147. The number of hydrogen-bond donors (Lipinski definition) is 4. The van der Waals surface area contributed by atoms with Crippen molar-refractivity contribution in [1.82, 2.24) is 4.90 Å². The molecule has 1 amide bonds. The van der Waals surface area contributed by atoms with E-state index in [-0.39, 0.29) is 22.1 Å². The molecule has 2 heterocycles. The van der Waals surface area contributed by atoms with Crippen LogP contribution in [-0.2, 0) is 9.59 Å². The average molecular weight is 288 g/mol. The molecule has 18 heavy (non-hydrogen) atoms. The number of nitrogens with two attached hydrogens (primary N) is 2. The van der Waals surface area contributed by atoms with E-state index in [0.29, 0.717) is 17.1 Å². The normalized spacial score (nSPS) is 26.7. The highest BCUT2D eigenvalue weighted by Crippen LogP contribution is 2.40. The summed E-state index contributed by atoms with van der Waals surface area (Å²) in [4.78, 5) is 24.1. The molecule has 0 aromatic rings. The van der Waals surface area contributed by atoms with Crippen molar-refractivity contribution in [3.05, 3.63) is 11.3 Å². The van der Waals surface area contributed by atoms with Gasteiger partial charge in [0.2, 0.25) is 5.91 Å². The van der Waals surface area contributed by atoms with Crippen molar-refractivity contribution in [1.29, 1.82) is 5.41 Å². The monoisotopic (exact) mass is 288 g/mol. The number of nitrogens with zero attached hydrogens (tertiary/aromatic N) is 1. The summed E-state index contributed by atoms with van der Waals surface area (Å²) in [5.74, 6) is -0.714. The molecule has 2 rings (SSSR count). The van der Waals surface area contributed by atoms with Crippen LogP contribution in [0.2, 0.25) is 0 Å². The number of amides is 1. The van der Waals surface area contributed by atoms with Gasteiger partial charge in [0.15, 0.2) is 5.17 Å². The van der Waals surface area contributed by atoms with Gasteiger partial charge in [0.25, 0.3) is 0 Å². The van der Waals surface area contributed by atoms with Crippen LogP contribution in [0.15, 0.2) is 11.3 Å². The van der Waals surface area contributed by atoms with Crippen molar-refractivity contribution in [3.8, 4) is 0 Å². The van der Waals surface area contributed by atoms with Crippen molar-refractivity contribution >= 4 is 40.6 Å². The van der Waals surface area contributed by atoms with Crippen LogP contribution in [0.25, 0.3) is 0 Å². The Bertz CT molecular complexity index is 465. The molecule has 2 aliphatic rings. The highest BCUT2D eigenvalue weighted by atomic mass is 32.2. The van der Waals surface area contributed by atoms with Gasteiger partial charge in [-0.15, -0.1) is 11.8 Å². The van der Waals surface area contributed by atoms with Crippen molar-refractivity contribution < 1.29 is 14.7 Å². The Hall–Kier alpha value is -1.19. The third-order valence-corrected chi connectivity index (χ3v) is 4.86. The lowest BCUT2D eigenvalue weighted by atomic mass is 10.0. The molecule has 0 bridgehead atoms. The lowest BCUT2D eigenvalue weighted by Gasteiger charge is -2.48. The molecule has 0 saturated carbocycles. The predicted molar refractivity (Wildman–Crippen MR) is 70.1 cm³/mol. The molecule has 2 atom stereocenters. The van der Waals surface area contributed by atoms with Gasteiger partial charge in [-0.25, -0.2) is 4.79 Å². The Balaban J connectivity index is 2.26. The van der Waals surface area contributed by atoms with Crippen LogP contribution < -0.4 is 11.5 Å². The SMILES string of the molecule is N=C(N)SCC1=C(C(=O)O)N2C(=O)C(N)[C@H]2SC1. The molecule has 7 nitrogen and oxygen atoms in total. The summed E-state index contributed by atoms with van der Waals surface area (Å²) in [6.07, 6.45) is 0. The molecule has 9 heteroatoms. The van der Waals surface area contributed by atoms with Crippen LogP contribution in [0.4, 0.5) is 0 Å². The van der Waals surface area contributed by atoms with Gasteiger partial charge in [0, 0.05) is 11.5 Å². The van der Waals surface area contributed by atoms with Gasteiger partial charge in [0.05, 0.1) is 0 Å². The van der Waals surface area contributed by atoms with Crippen LogP contribution in [0.5, 0.6) is 0 Å². The Labute approximate surface area is 111 Å². The summed E-state index contributed by atoms with van der Waals surface area (Å²) in [5, 5.41) is 16.0. The minimum absolute atomic E-state index is 0.000741. The maximum atomic E-state index is 11.6. The number of thioether (sulfide) groups is 2. The maximum absolute atomic E-state index is 11.6. The number of amidine groups is 1. The number of carbonyl (C=O) groups excluding carboxylic acids is 1. The molecule has 0 radical (unpaired) electrons. The number of rotatable bonds is 3. The zero-order valence-electron chi connectivity index (χ0n) is 9.25. The average Bonchev–Trinajstić information content (AvgIpc) is 2.33. The number of carboxylic acids is 1. The van der Waals surface area contributed by atoms with E-state index >= 15 is 0 Å². The minimum atomic E-state index is -1.14. The van der Waals surface area contributed by atoms with Crippen molar-refractivity contribution in [3.63, 3.8) is 0 Å². The molecule has 2 aliphatic heterocycles. The zero-order valence-corrected chi connectivity index (χ0v) is 10.9. The Morgan fingerprint density at radius 3 is 2.89 bits per heavy atom. The van der Waals surface area contributed by atoms with E-state index in [0.717, 1.165) is 11.8 Å². The van der Waals surface area contributed by atoms with Gasteiger partial charge in [-0.3, -0.25) is 15.1 Å². The van der Waals surface area contributed by atoms with E-state index in [2.05, 4.69) is 0 Å². The second-order valence-electron chi connectivity index (χ2n) is 3.85. The topological polar surface area (TPSA) is 134 Å². The summed E-state index contributed by atoms with van der Waals surface area (Å²) in [5.41, 5.74) is 11.4. The Morgan fingerprint density at radius 1 is 1.67 bits per heavy atom. The molecule has 0 aromatic heterocycles. The summed E-state index contributed by atoms with van der Waals surface area (Å²) in [6, 6.07) is -0.619. The fourth-order valence-corrected chi connectivity index (χ4v) is 3.85. The molecule has 1 unspecified atom stereocenters. The second-order valence-corrected chi connectivity index (χ2v) is 5.97. The summed E-state index contributed by atoms with van der Waals surface area (Å²) < 4.78 is 0. The van der Waals surface area contributed by atoms with Gasteiger partial charge < -0.3 is 16.6 Å². The predicted octanol–water partition coefficient (Wildman–Crippen LogP) is -0.806. The number of carbonyl (C=O) groups is 2. The van der Waals surface area contributed by atoms with E-state index in [1.54, 1.807) is 0 Å². The molecule has 6 N–H and O–H groups in total. The molecule has 98 valence electrons. The number of carboxylic acid groups (broad SMARTS) is 1. The zero-order chi connectivity index (χ0) is 13.4. The number of nitrogens with one attached hydrogen (secondary N) is 1. The molecule has 0 aromatic carbocycles. The Kier molecular flexibility index (Phi) is 3.55. The first-order chi connectivity index (χ1) is 8.43. The lowest BCUT2D eigenvalue weighted by Crippen LogP contribution is -2.68. The molecule has 0 spiro atoms. The van der Waals surface area contributed by atoms with Gasteiger partial charge in [-0.05, 0) is 5.57 Å². The highest BCUT2D eigenvalue weighted by molar-refractivity contribution is 8.13. The summed E-state index contributed by atoms with van der Waals surface area (Å²) >= 11 is 2.49. The van der Waals surface area contributed by atoms with Crippen LogP contribution in [0.3, 0.4) is 0 Å². The van der Waals surface area contributed by atoms with Crippen molar-refractivity contribution in [2.24, 2.45) is 11.5 Å². The fraction of sp³-hybridized carbons (Fsp3) is 0.444. The number of hydrogen-bond acceptors (Lipinski definition) is 6.